The molecule has 1 saturated carbocycles. The smallest absolute Gasteiger partial charge is 0.106 e. The minimum absolute atomic E-state index is 1.10. The summed E-state index contributed by atoms with van der Waals surface area (Å²) in [5.74, 6) is 2.20. The number of hydrogen-bond acceptors (Lipinski definition) is 2. The van der Waals surface area contributed by atoms with Crippen LogP contribution in [0.2, 0.25) is 0 Å². The predicted molar refractivity (Wildman–Crippen MR) is 42.9 cm³/mol. The van der Waals surface area contributed by atoms with Gasteiger partial charge in [-0.25, -0.2) is 0 Å². The van der Waals surface area contributed by atoms with E-state index >= 15 is 0 Å². The van der Waals surface area contributed by atoms with Gasteiger partial charge in [-0.1, -0.05) is 13.8 Å². The summed E-state index contributed by atoms with van der Waals surface area (Å²) in [6.07, 6.45) is 1.52. The zero-order valence-electron chi connectivity index (χ0n) is 6.89. The summed E-state index contributed by atoms with van der Waals surface area (Å²) in [6.45, 7) is 8.62. The SMILES string of the molecule is C1NCC2CC12.C=O.CC. The van der Waals surface area contributed by atoms with Crippen LogP contribution in [0.3, 0.4) is 0 Å². The van der Waals surface area contributed by atoms with Gasteiger partial charge in [-0.15, -0.1) is 0 Å². The standard InChI is InChI=1S/C5H9N.C2H6.CH2O/c1-4-2-6-3-5(1)4;2*1-2/h4-6H,1-3H2;1-2H3;1H2. The second kappa shape index (κ2) is 5.42. The van der Waals surface area contributed by atoms with E-state index < -0.39 is 0 Å². The topological polar surface area (TPSA) is 29.1 Å². The molecule has 0 bridgehead atoms. The first kappa shape index (κ1) is 9.63. The summed E-state index contributed by atoms with van der Waals surface area (Å²) in [5.41, 5.74) is 0. The molecule has 2 rings (SSSR count). The highest BCUT2D eigenvalue weighted by molar-refractivity contribution is 5.10. The highest BCUT2D eigenvalue weighted by atomic mass is 16.1. The molecule has 0 amide bonds. The Morgan fingerprint density at radius 2 is 1.60 bits per heavy atom. The van der Waals surface area contributed by atoms with Gasteiger partial charge in [0, 0.05) is 0 Å². The van der Waals surface area contributed by atoms with Gasteiger partial charge in [0.2, 0.25) is 0 Å². The molecule has 60 valence electrons. The van der Waals surface area contributed by atoms with Crippen molar-refractivity contribution >= 4 is 6.79 Å². The number of carbonyl (C=O) groups is 1. The van der Waals surface area contributed by atoms with E-state index in [-0.39, 0.29) is 0 Å². The van der Waals surface area contributed by atoms with E-state index in [1.807, 2.05) is 20.6 Å². The third-order valence-electron chi connectivity index (χ3n) is 1.88. The highest BCUT2D eigenvalue weighted by Gasteiger charge is 2.40. The summed E-state index contributed by atoms with van der Waals surface area (Å²) in [6, 6.07) is 0. The van der Waals surface area contributed by atoms with E-state index in [2.05, 4.69) is 5.32 Å². The molecule has 2 aliphatic rings. The fraction of sp³-hybridized carbons (Fsp3) is 0.875. The van der Waals surface area contributed by atoms with E-state index in [0.29, 0.717) is 0 Å². The fourth-order valence-corrected chi connectivity index (χ4v) is 1.26. The summed E-state index contributed by atoms with van der Waals surface area (Å²) >= 11 is 0. The van der Waals surface area contributed by atoms with Crippen LogP contribution in [-0.2, 0) is 4.79 Å². The first-order chi connectivity index (χ1) is 4.97. The Morgan fingerprint density at radius 1 is 1.20 bits per heavy atom. The molecule has 2 atom stereocenters. The lowest BCUT2D eigenvalue weighted by atomic mass is 10.4. The summed E-state index contributed by atoms with van der Waals surface area (Å²) in [5, 5.41) is 3.32. The van der Waals surface area contributed by atoms with Crippen LogP contribution in [0.5, 0.6) is 0 Å². The number of carbonyl (C=O) groups excluding carboxylic acids is 1. The van der Waals surface area contributed by atoms with Crippen LogP contribution in [0.25, 0.3) is 0 Å². The predicted octanol–water partition coefficient (Wildman–Crippen LogP) is 1.07. The Bertz CT molecular complexity index is 77.3. The lowest BCUT2D eigenvalue weighted by Gasteiger charge is -1.87. The molecule has 1 heterocycles. The van der Waals surface area contributed by atoms with Crippen molar-refractivity contribution in [3.05, 3.63) is 0 Å². The van der Waals surface area contributed by atoms with Gasteiger partial charge in [-0.05, 0) is 31.3 Å². The maximum Gasteiger partial charge on any atom is 0.106 e. The molecule has 0 aromatic carbocycles. The molecule has 0 spiro atoms. The van der Waals surface area contributed by atoms with Gasteiger partial charge in [0.15, 0.2) is 0 Å². The van der Waals surface area contributed by atoms with Gasteiger partial charge in [-0.3, -0.25) is 0 Å². The van der Waals surface area contributed by atoms with E-state index in [1.54, 1.807) is 0 Å². The lowest BCUT2D eigenvalue weighted by Crippen LogP contribution is -2.10. The van der Waals surface area contributed by atoms with Crippen LogP contribution in [0.4, 0.5) is 0 Å². The number of hydrogen-bond donors (Lipinski definition) is 1. The van der Waals surface area contributed by atoms with Crippen molar-refractivity contribution < 1.29 is 4.79 Å². The summed E-state index contributed by atoms with van der Waals surface area (Å²) < 4.78 is 0. The van der Waals surface area contributed by atoms with Crippen LogP contribution in [0, 0.1) is 11.8 Å². The van der Waals surface area contributed by atoms with Crippen LogP contribution in [0.15, 0.2) is 0 Å². The van der Waals surface area contributed by atoms with Crippen molar-refractivity contribution in [1.29, 1.82) is 0 Å². The van der Waals surface area contributed by atoms with E-state index in [0.717, 1.165) is 11.8 Å². The van der Waals surface area contributed by atoms with Crippen molar-refractivity contribution in [2.45, 2.75) is 20.3 Å². The number of piperidine rings is 1. The van der Waals surface area contributed by atoms with Crippen molar-refractivity contribution in [1.82, 2.24) is 5.32 Å². The minimum atomic E-state index is 1.10. The van der Waals surface area contributed by atoms with E-state index in [1.165, 1.54) is 19.5 Å². The molecule has 1 N–H and O–H groups in total. The van der Waals surface area contributed by atoms with Crippen molar-refractivity contribution in [2.75, 3.05) is 13.1 Å². The van der Waals surface area contributed by atoms with Gasteiger partial charge in [0.1, 0.15) is 6.79 Å². The molecule has 2 fully saturated rings. The van der Waals surface area contributed by atoms with Gasteiger partial charge in [-0.2, -0.15) is 0 Å². The summed E-state index contributed by atoms with van der Waals surface area (Å²) in [7, 11) is 0. The molecule has 2 unspecified atom stereocenters. The van der Waals surface area contributed by atoms with Crippen molar-refractivity contribution in [3.63, 3.8) is 0 Å². The lowest BCUT2D eigenvalue weighted by molar-refractivity contribution is -0.0979. The Kier molecular flexibility index (Phi) is 5.22. The third-order valence-corrected chi connectivity index (χ3v) is 1.88. The fourth-order valence-electron chi connectivity index (χ4n) is 1.26. The average molecular weight is 143 g/mol. The van der Waals surface area contributed by atoms with Crippen LogP contribution in [-0.4, -0.2) is 19.9 Å². The van der Waals surface area contributed by atoms with E-state index in [4.69, 9.17) is 4.79 Å². The van der Waals surface area contributed by atoms with Crippen LogP contribution < -0.4 is 5.32 Å². The molecule has 0 aromatic heterocycles. The van der Waals surface area contributed by atoms with Gasteiger partial charge < -0.3 is 10.1 Å². The van der Waals surface area contributed by atoms with Crippen LogP contribution in [0.1, 0.15) is 20.3 Å². The molecule has 2 heteroatoms. The molecular weight excluding hydrogens is 126 g/mol. The second-order valence-corrected chi connectivity index (χ2v) is 2.41. The maximum atomic E-state index is 8.00. The number of rotatable bonds is 0. The first-order valence-electron chi connectivity index (χ1n) is 3.96. The largest absolute Gasteiger partial charge is 0.316 e. The molecule has 1 saturated heterocycles. The zero-order chi connectivity index (χ0) is 7.98. The van der Waals surface area contributed by atoms with Gasteiger partial charge in [0.05, 0.1) is 0 Å². The molecular formula is C8H17NO. The van der Waals surface area contributed by atoms with Gasteiger partial charge >= 0.3 is 0 Å². The Hall–Kier alpha value is -0.370. The average Bonchev–Trinajstić information content (AvgIpc) is 2.67. The van der Waals surface area contributed by atoms with Crippen molar-refractivity contribution in [2.24, 2.45) is 11.8 Å². The number of fused-ring (bicyclic) bond motifs is 1. The van der Waals surface area contributed by atoms with Gasteiger partial charge in [0.25, 0.3) is 0 Å². The Labute approximate surface area is 63.0 Å². The third kappa shape index (κ3) is 2.48. The Morgan fingerprint density at radius 3 is 1.70 bits per heavy atom. The molecule has 0 aromatic rings. The molecule has 1 aliphatic heterocycles. The van der Waals surface area contributed by atoms with E-state index in [9.17, 15) is 0 Å². The molecule has 10 heavy (non-hydrogen) atoms. The van der Waals surface area contributed by atoms with Crippen molar-refractivity contribution in [3.8, 4) is 0 Å². The molecule has 2 nitrogen and oxygen atoms in total. The first-order valence-corrected chi connectivity index (χ1v) is 3.96. The number of nitrogens with one attached hydrogen (secondary N) is 1. The summed E-state index contributed by atoms with van der Waals surface area (Å²) in [4.78, 5) is 8.00. The molecule has 1 aliphatic carbocycles. The Balaban J connectivity index is 0.000000180. The highest BCUT2D eigenvalue weighted by Crippen LogP contribution is 2.40. The molecule has 0 radical (unpaired) electrons. The quantitative estimate of drug-likeness (QED) is 0.549. The normalized spacial score (nSPS) is 32.2. The zero-order valence-corrected chi connectivity index (χ0v) is 6.89. The van der Waals surface area contributed by atoms with Crippen LogP contribution >= 0.6 is 0 Å². The minimum Gasteiger partial charge on any atom is -0.316 e. The maximum absolute atomic E-state index is 8.00. The monoisotopic (exact) mass is 143 g/mol. The second-order valence-electron chi connectivity index (χ2n) is 2.41.